The molecule has 1 N–H and O–H groups in total. The first kappa shape index (κ1) is 17.0. The number of sulfone groups is 1. The third-order valence-electron chi connectivity index (χ3n) is 3.13. The maximum atomic E-state index is 11.0. The minimum absolute atomic E-state index is 0.168. The summed E-state index contributed by atoms with van der Waals surface area (Å²) in [7, 11) is -2.90. The van der Waals surface area contributed by atoms with E-state index >= 15 is 0 Å². The maximum Gasteiger partial charge on any atom is 0.147 e. The minimum atomic E-state index is -2.90. The topological polar surface area (TPSA) is 55.4 Å². The number of benzene rings is 1. The predicted molar refractivity (Wildman–Crippen MR) is 83.1 cm³/mol. The van der Waals surface area contributed by atoms with Gasteiger partial charge in [-0.25, -0.2) is 8.42 Å². The highest BCUT2D eigenvalue weighted by molar-refractivity contribution is 7.90. The summed E-state index contributed by atoms with van der Waals surface area (Å²) in [5.41, 5.74) is 2.31. The summed E-state index contributed by atoms with van der Waals surface area (Å²) < 4.78 is 27.7. The van der Waals surface area contributed by atoms with E-state index in [1.807, 2.05) is 19.1 Å². The van der Waals surface area contributed by atoms with Crippen LogP contribution < -0.4 is 10.1 Å². The van der Waals surface area contributed by atoms with E-state index in [0.29, 0.717) is 19.1 Å². The molecule has 1 rings (SSSR count). The summed E-state index contributed by atoms with van der Waals surface area (Å²) >= 11 is 0. The van der Waals surface area contributed by atoms with E-state index in [-0.39, 0.29) is 5.75 Å². The lowest BCUT2D eigenvalue weighted by Crippen LogP contribution is -2.17. The normalized spacial score (nSPS) is 13.2. The molecule has 5 heteroatoms. The molecule has 0 fully saturated rings. The van der Waals surface area contributed by atoms with Crippen molar-refractivity contribution in [1.82, 2.24) is 5.32 Å². The van der Waals surface area contributed by atoms with E-state index in [2.05, 4.69) is 25.2 Å². The molecule has 0 amide bonds. The lowest BCUT2D eigenvalue weighted by Gasteiger charge is -2.15. The van der Waals surface area contributed by atoms with E-state index < -0.39 is 9.84 Å². The van der Waals surface area contributed by atoms with Gasteiger partial charge in [-0.3, -0.25) is 0 Å². The van der Waals surface area contributed by atoms with Crippen LogP contribution in [-0.4, -0.2) is 33.6 Å². The Hall–Kier alpha value is -1.07. The molecule has 0 bridgehead atoms. The third-order valence-corrected chi connectivity index (χ3v) is 4.16. The van der Waals surface area contributed by atoms with Gasteiger partial charge in [-0.15, -0.1) is 0 Å². The number of ether oxygens (including phenoxy) is 1. The lowest BCUT2D eigenvalue weighted by molar-refractivity contribution is 0.315. The number of hydrogen-bond acceptors (Lipinski definition) is 4. The smallest absolute Gasteiger partial charge is 0.147 e. The lowest BCUT2D eigenvalue weighted by atomic mass is 10.1. The van der Waals surface area contributed by atoms with Crippen molar-refractivity contribution >= 4 is 9.84 Å². The molecule has 0 aliphatic rings. The first-order valence-corrected chi connectivity index (χ1v) is 9.04. The summed E-state index contributed by atoms with van der Waals surface area (Å²) in [5.74, 6) is 0.993. The Balaban J connectivity index is 2.56. The minimum Gasteiger partial charge on any atom is -0.493 e. The fraction of sp³-hybridized carbons (Fsp3) is 0.600. The average Bonchev–Trinajstić information content (AvgIpc) is 2.35. The van der Waals surface area contributed by atoms with E-state index in [4.69, 9.17) is 4.74 Å². The van der Waals surface area contributed by atoms with E-state index in [0.717, 1.165) is 17.9 Å². The van der Waals surface area contributed by atoms with Gasteiger partial charge in [-0.1, -0.05) is 19.1 Å². The number of hydrogen-bond donors (Lipinski definition) is 1. The SMILES string of the molecule is CCNC(C)c1ccc(OCCCS(C)(=O)=O)c(C)c1. The van der Waals surface area contributed by atoms with Crippen molar-refractivity contribution in [3.63, 3.8) is 0 Å². The maximum absolute atomic E-state index is 11.0. The molecule has 0 spiro atoms. The fourth-order valence-corrected chi connectivity index (χ4v) is 2.67. The Morgan fingerprint density at radius 2 is 2.05 bits per heavy atom. The average molecular weight is 299 g/mol. The second-order valence-electron chi connectivity index (χ2n) is 5.14. The highest BCUT2D eigenvalue weighted by Gasteiger charge is 2.07. The van der Waals surface area contributed by atoms with Gasteiger partial charge in [-0.05, 0) is 44.0 Å². The van der Waals surface area contributed by atoms with Gasteiger partial charge in [0.15, 0.2) is 0 Å². The summed E-state index contributed by atoms with van der Waals surface area (Å²) in [4.78, 5) is 0. The van der Waals surface area contributed by atoms with E-state index in [1.54, 1.807) is 0 Å². The number of aryl methyl sites for hydroxylation is 1. The van der Waals surface area contributed by atoms with Crippen LogP contribution in [0, 0.1) is 6.92 Å². The van der Waals surface area contributed by atoms with Crippen molar-refractivity contribution in [3.05, 3.63) is 29.3 Å². The van der Waals surface area contributed by atoms with Crippen molar-refractivity contribution in [2.75, 3.05) is 25.2 Å². The highest BCUT2D eigenvalue weighted by Crippen LogP contribution is 2.22. The molecule has 0 saturated heterocycles. The molecular weight excluding hydrogens is 274 g/mol. The van der Waals surface area contributed by atoms with Crippen LogP contribution in [0.25, 0.3) is 0 Å². The van der Waals surface area contributed by atoms with Crippen molar-refractivity contribution < 1.29 is 13.2 Å². The van der Waals surface area contributed by atoms with Crippen LogP contribution in [0.1, 0.15) is 37.4 Å². The van der Waals surface area contributed by atoms with Crippen LogP contribution in [0.4, 0.5) is 0 Å². The van der Waals surface area contributed by atoms with Gasteiger partial charge in [0.25, 0.3) is 0 Å². The zero-order valence-electron chi connectivity index (χ0n) is 12.8. The van der Waals surface area contributed by atoms with Crippen molar-refractivity contribution in [2.45, 2.75) is 33.2 Å². The second-order valence-corrected chi connectivity index (χ2v) is 7.40. The zero-order valence-corrected chi connectivity index (χ0v) is 13.6. The molecule has 0 saturated carbocycles. The second kappa shape index (κ2) is 7.64. The molecule has 1 unspecified atom stereocenters. The molecule has 20 heavy (non-hydrogen) atoms. The molecule has 1 aromatic carbocycles. The van der Waals surface area contributed by atoms with Crippen LogP contribution in [-0.2, 0) is 9.84 Å². The van der Waals surface area contributed by atoms with Crippen LogP contribution in [0.5, 0.6) is 5.75 Å². The van der Waals surface area contributed by atoms with E-state index in [9.17, 15) is 8.42 Å². The Morgan fingerprint density at radius 1 is 1.35 bits per heavy atom. The van der Waals surface area contributed by atoms with Gasteiger partial charge in [0, 0.05) is 12.3 Å². The molecule has 1 atom stereocenters. The summed E-state index contributed by atoms with van der Waals surface area (Å²) in [5, 5.41) is 3.37. The molecule has 0 radical (unpaired) electrons. The van der Waals surface area contributed by atoms with Crippen LogP contribution in [0.15, 0.2) is 18.2 Å². The Morgan fingerprint density at radius 3 is 2.60 bits per heavy atom. The molecule has 0 aromatic heterocycles. The first-order chi connectivity index (χ1) is 9.33. The van der Waals surface area contributed by atoms with Gasteiger partial charge >= 0.3 is 0 Å². The van der Waals surface area contributed by atoms with E-state index in [1.165, 1.54) is 11.8 Å². The molecule has 0 aliphatic carbocycles. The van der Waals surface area contributed by atoms with Gasteiger partial charge in [0.05, 0.1) is 12.4 Å². The Kier molecular flexibility index (Phi) is 6.49. The molecule has 0 heterocycles. The monoisotopic (exact) mass is 299 g/mol. The Bertz CT molecular complexity index is 526. The zero-order chi connectivity index (χ0) is 15.2. The molecule has 0 aliphatic heterocycles. The summed E-state index contributed by atoms with van der Waals surface area (Å²) in [6.07, 6.45) is 1.77. The van der Waals surface area contributed by atoms with Gasteiger partial charge in [0.1, 0.15) is 15.6 Å². The number of rotatable bonds is 8. The third kappa shape index (κ3) is 5.92. The van der Waals surface area contributed by atoms with Crippen molar-refractivity contribution in [3.8, 4) is 5.75 Å². The Labute approximate surface area is 122 Å². The van der Waals surface area contributed by atoms with Crippen LogP contribution in [0.2, 0.25) is 0 Å². The highest BCUT2D eigenvalue weighted by atomic mass is 32.2. The standard InChI is InChI=1S/C15H25NO3S/c1-5-16-13(3)14-7-8-15(12(2)11-14)19-9-6-10-20(4,17)18/h7-8,11,13,16H,5-6,9-10H2,1-4H3. The van der Waals surface area contributed by atoms with Crippen LogP contribution in [0.3, 0.4) is 0 Å². The predicted octanol–water partition coefficient (Wildman–Crippen LogP) is 2.48. The molecule has 1 aromatic rings. The summed E-state index contributed by atoms with van der Waals surface area (Å²) in [6, 6.07) is 6.43. The van der Waals surface area contributed by atoms with Crippen molar-refractivity contribution in [1.29, 1.82) is 0 Å². The quantitative estimate of drug-likeness (QED) is 0.749. The largest absolute Gasteiger partial charge is 0.493 e. The molecule has 114 valence electrons. The van der Waals surface area contributed by atoms with Gasteiger partial charge in [0.2, 0.25) is 0 Å². The first-order valence-electron chi connectivity index (χ1n) is 6.98. The van der Waals surface area contributed by atoms with Crippen molar-refractivity contribution in [2.24, 2.45) is 0 Å². The van der Waals surface area contributed by atoms with Gasteiger partial charge in [-0.2, -0.15) is 0 Å². The number of nitrogens with one attached hydrogen (secondary N) is 1. The van der Waals surface area contributed by atoms with Gasteiger partial charge < -0.3 is 10.1 Å². The molecule has 4 nitrogen and oxygen atoms in total. The fourth-order valence-electron chi connectivity index (χ4n) is 2.03. The molecular formula is C15H25NO3S. The summed E-state index contributed by atoms with van der Waals surface area (Å²) in [6.45, 7) is 7.58. The van der Waals surface area contributed by atoms with Crippen LogP contribution >= 0.6 is 0 Å².